The predicted octanol–water partition coefficient (Wildman–Crippen LogP) is 4.99. The fraction of sp³-hybridized carbons (Fsp3) is 0.0800. The molecule has 32 heavy (non-hydrogen) atoms. The second-order valence-electron chi connectivity index (χ2n) is 7.43. The van der Waals surface area contributed by atoms with E-state index < -0.39 is 11.6 Å². The molecule has 7 heteroatoms. The number of halogens is 1. The lowest BCUT2D eigenvalue weighted by Crippen LogP contribution is -2.45. The number of amides is 3. The first-order chi connectivity index (χ1) is 15.6. The van der Waals surface area contributed by atoms with Crippen LogP contribution in [0.1, 0.15) is 17.0 Å². The Hall–Kier alpha value is -3.90. The van der Waals surface area contributed by atoms with Crippen molar-refractivity contribution in [3.63, 3.8) is 0 Å². The summed E-state index contributed by atoms with van der Waals surface area (Å²) < 4.78 is 5.82. The van der Waals surface area contributed by atoms with Gasteiger partial charge >= 0.3 is 6.03 Å². The van der Waals surface area contributed by atoms with Crippen LogP contribution < -0.4 is 5.32 Å². The van der Waals surface area contributed by atoms with E-state index in [0.717, 1.165) is 10.5 Å². The molecule has 2 heterocycles. The second kappa shape index (κ2) is 7.98. The third-order valence-corrected chi connectivity index (χ3v) is 5.75. The van der Waals surface area contributed by atoms with Crippen LogP contribution in [0.3, 0.4) is 0 Å². The van der Waals surface area contributed by atoms with Crippen molar-refractivity contribution in [2.75, 3.05) is 0 Å². The SMILES string of the molecule is O=C1NC(c2ccccc2)(c2ccccc2)C(=O)N1Cc1ncc(-c2ccc(Cl)cc2)o1. The summed E-state index contributed by atoms with van der Waals surface area (Å²) in [7, 11) is 0. The van der Waals surface area contributed by atoms with Crippen LogP contribution in [0.25, 0.3) is 11.3 Å². The summed E-state index contributed by atoms with van der Waals surface area (Å²) in [5.41, 5.74) is 0.849. The van der Waals surface area contributed by atoms with Gasteiger partial charge in [-0.1, -0.05) is 72.3 Å². The fourth-order valence-corrected chi connectivity index (χ4v) is 4.05. The highest BCUT2D eigenvalue weighted by molar-refractivity contribution is 6.30. The molecule has 158 valence electrons. The molecule has 0 bridgehead atoms. The molecule has 3 amide bonds. The number of oxazole rings is 1. The second-order valence-corrected chi connectivity index (χ2v) is 7.87. The number of nitrogens with one attached hydrogen (secondary N) is 1. The maximum Gasteiger partial charge on any atom is 0.326 e. The molecule has 1 saturated heterocycles. The molecule has 1 N–H and O–H groups in total. The number of hydrogen-bond acceptors (Lipinski definition) is 4. The number of urea groups is 1. The smallest absolute Gasteiger partial charge is 0.326 e. The molecule has 1 aliphatic rings. The Morgan fingerprint density at radius 3 is 2.06 bits per heavy atom. The summed E-state index contributed by atoms with van der Waals surface area (Å²) in [5, 5.41) is 3.53. The van der Waals surface area contributed by atoms with Crippen molar-refractivity contribution in [3.05, 3.63) is 113 Å². The predicted molar refractivity (Wildman–Crippen MR) is 120 cm³/mol. The summed E-state index contributed by atoms with van der Waals surface area (Å²) >= 11 is 5.94. The molecule has 0 aliphatic carbocycles. The molecule has 0 unspecified atom stereocenters. The molecule has 1 aliphatic heterocycles. The molecule has 0 radical (unpaired) electrons. The number of nitrogens with zero attached hydrogens (tertiary/aromatic N) is 2. The van der Waals surface area contributed by atoms with E-state index in [2.05, 4.69) is 10.3 Å². The van der Waals surface area contributed by atoms with Gasteiger partial charge in [0.25, 0.3) is 5.91 Å². The molecule has 1 fully saturated rings. The van der Waals surface area contributed by atoms with Gasteiger partial charge in [-0.25, -0.2) is 9.78 Å². The van der Waals surface area contributed by atoms with Gasteiger partial charge in [-0.3, -0.25) is 9.69 Å². The summed E-state index contributed by atoms with van der Waals surface area (Å²) in [6.45, 7) is -0.0837. The minimum absolute atomic E-state index is 0.0837. The molecule has 6 nitrogen and oxygen atoms in total. The van der Waals surface area contributed by atoms with Crippen molar-refractivity contribution in [1.82, 2.24) is 15.2 Å². The van der Waals surface area contributed by atoms with Crippen molar-refractivity contribution < 1.29 is 14.0 Å². The van der Waals surface area contributed by atoms with Gasteiger partial charge in [-0.2, -0.15) is 0 Å². The van der Waals surface area contributed by atoms with E-state index in [9.17, 15) is 9.59 Å². The van der Waals surface area contributed by atoms with Crippen LogP contribution in [0.2, 0.25) is 5.02 Å². The number of imide groups is 1. The molecule has 4 aromatic rings. The molecule has 0 spiro atoms. The molecule has 0 atom stereocenters. The third kappa shape index (κ3) is 3.35. The largest absolute Gasteiger partial charge is 0.439 e. The average Bonchev–Trinajstić information content (AvgIpc) is 3.40. The standard InChI is InChI=1S/C25H18ClN3O3/c26-20-13-11-17(12-14-20)21-15-27-22(32-21)16-29-23(30)25(28-24(29)31,18-7-3-1-4-8-18)19-9-5-2-6-10-19/h1-15H,16H2,(H,28,31). The fourth-order valence-electron chi connectivity index (χ4n) is 3.92. The quantitative estimate of drug-likeness (QED) is 0.441. The van der Waals surface area contributed by atoms with Crippen LogP contribution in [0, 0.1) is 0 Å². The van der Waals surface area contributed by atoms with E-state index >= 15 is 0 Å². The Morgan fingerprint density at radius 1 is 0.875 bits per heavy atom. The van der Waals surface area contributed by atoms with Crippen molar-refractivity contribution in [2.24, 2.45) is 0 Å². The number of carbonyl (C=O) groups is 2. The first-order valence-electron chi connectivity index (χ1n) is 10.0. The lowest BCUT2D eigenvalue weighted by atomic mass is 9.82. The Bertz CT molecular complexity index is 1230. The van der Waals surface area contributed by atoms with E-state index in [1.165, 1.54) is 0 Å². The summed E-state index contributed by atoms with van der Waals surface area (Å²) in [5.74, 6) is 0.405. The van der Waals surface area contributed by atoms with Crippen LogP contribution in [0.15, 0.2) is 95.5 Å². The van der Waals surface area contributed by atoms with E-state index in [1.54, 1.807) is 18.3 Å². The molecule has 0 saturated carbocycles. The van der Waals surface area contributed by atoms with Crippen LogP contribution in [-0.2, 0) is 16.9 Å². The number of carbonyl (C=O) groups excluding carboxylic acids is 2. The Labute approximate surface area is 189 Å². The van der Waals surface area contributed by atoms with Crippen molar-refractivity contribution in [2.45, 2.75) is 12.1 Å². The van der Waals surface area contributed by atoms with Crippen LogP contribution >= 0.6 is 11.6 Å². The highest BCUT2D eigenvalue weighted by atomic mass is 35.5. The third-order valence-electron chi connectivity index (χ3n) is 5.49. The van der Waals surface area contributed by atoms with Gasteiger partial charge in [-0.15, -0.1) is 0 Å². The van der Waals surface area contributed by atoms with Crippen molar-refractivity contribution in [1.29, 1.82) is 0 Å². The van der Waals surface area contributed by atoms with Crippen molar-refractivity contribution >= 4 is 23.5 Å². The van der Waals surface area contributed by atoms with E-state index in [4.69, 9.17) is 16.0 Å². The van der Waals surface area contributed by atoms with Gasteiger partial charge in [0.2, 0.25) is 5.89 Å². The van der Waals surface area contributed by atoms with Gasteiger partial charge in [0.1, 0.15) is 6.54 Å². The molecule has 5 rings (SSSR count). The monoisotopic (exact) mass is 443 g/mol. The first-order valence-corrected chi connectivity index (χ1v) is 10.4. The van der Waals surface area contributed by atoms with Crippen LogP contribution in [0.5, 0.6) is 0 Å². The molecule has 1 aromatic heterocycles. The summed E-state index contributed by atoms with van der Waals surface area (Å²) in [4.78, 5) is 32.1. The number of rotatable bonds is 5. The van der Waals surface area contributed by atoms with Gasteiger partial charge in [0.15, 0.2) is 11.3 Å². The lowest BCUT2D eigenvalue weighted by molar-refractivity contribution is -0.130. The number of benzene rings is 3. The van der Waals surface area contributed by atoms with E-state index in [-0.39, 0.29) is 18.3 Å². The maximum absolute atomic E-state index is 13.7. The van der Waals surface area contributed by atoms with E-state index in [1.807, 2.05) is 72.8 Å². The van der Waals surface area contributed by atoms with Gasteiger partial charge < -0.3 is 9.73 Å². The molecule has 3 aromatic carbocycles. The minimum Gasteiger partial charge on any atom is -0.439 e. The number of aromatic nitrogens is 1. The zero-order chi connectivity index (χ0) is 22.1. The topological polar surface area (TPSA) is 75.4 Å². The minimum atomic E-state index is -1.31. The summed E-state index contributed by atoms with van der Waals surface area (Å²) in [6.07, 6.45) is 1.57. The molecular formula is C25H18ClN3O3. The molecular weight excluding hydrogens is 426 g/mol. The first kappa shape index (κ1) is 20.0. The van der Waals surface area contributed by atoms with Gasteiger partial charge in [-0.05, 0) is 35.4 Å². The van der Waals surface area contributed by atoms with Crippen LogP contribution in [0.4, 0.5) is 4.79 Å². The lowest BCUT2D eigenvalue weighted by Gasteiger charge is -2.27. The van der Waals surface area contributed by atoms with Crippen molar-refractivity contribution in [3.8, 4) is 11.3 Å². The zero-order valence-corrected chi connectivity index (χ0v) is 17.6. The maximum atomic E-state index is 13.7. The van der Waals surface area contributed by atoms with Gasteiger partial charge in [0, 0.05) is 10.6 Å². The average molecular weight is 444 g/mol. The van der Waals surface area contributed by atoms with Gasteiger partial charge in [0.05, 0.1) is 6.20 Å². The van der Waals surface area contributed by atoms with Crippen LogP contribution in [-0.4, -0.2) is 21.8 Å². The highest BCUT2D eigenvalue weighted by Crippen LogP contribution is 2.36. The van der Waals surface area contributed by atoms with E-state index in [0.29, 0.717) is 21.9 Å². The number of hydrogen-bond donors (Lipinski definition) is 1. The highest BCUT2D eigenvalue weighted by Gasteiger charge is 2.53. The Balaban J connectivity index is 1.48. The Morgan fingerprint density at radius 2 is 1.47 bits per heavy atom. The summed E-state index contributed by atoms with van der Waals surface area (Å²) in [6, 6.07) is 25.1. The normalized spacial score (nSPS) is 15.1. The zero-order valence-electron chi connectivity index (χ0n) is 16.9. The Kier molecular flexibility index (Phi) is 4.99.